The van der Waals surface area contributed by atoms with E-state index < -0.39 is 0 Å². The summed E-state index contributed by atoms with van der Waals surface area (Å²) >= 11 is 1.75. The van der Waals surface area contributed by atoms with Gasteiger partial charge in [0.15, 0.2) is 0 Å². The molecule has 3 heteroatoms. The maximum Gasteiger partial charge on any atom is 0.224 e. The van der Waals surface area contributed by atoms with Crippen LogP contribution in [0, 0.1) is 13.8 Å². The number of rotatable bonds is 6. The second kappa shape index (κ2) is 8.72. The zero-order chi connectivity index (χ0) is 18.4. The van der Waals surface area contributed by atoms with E-state index in [4.69, 9.17) is 0 Å². The number of amides is 1. The highest BCUT2D eigenvalue weighted by Crippen LogP contribution is 2.31. The minimum Gasteiger partial charge on any atom is -0.326 e. The van der Waals surface area contributed by atoms with Crippen LogP contribution in [0.25, 0.3) is 0 Å². The van der Waals surface area contributed by atoms with Gasteiger partial charge in [-0.15, -0.1) is 0 Å². The van der Waals surface area contributed by atoms with Crippen molar-refractivity contribution in [2.75, 3.05) is 5.32 Å². The van der Waals surface area contributed by atoms with Gasteiger partial charge in [-0.25, -0.2) is 0 Å². The van der Waals surface area contributed by atoms with Crippen molar-refractivity contribution in [2.45, 2.75) is 36.5 Å². The van der Waals surface area contributed by atoms with Crippen LogP contribution < -0.4 is 5.32 Å². The Hall–Kier alpha value is -2.52. The van der Waals surface area contributed by atoms with E-state index in [0.29, 0.717) is 6.42 Å². The average molecular weight is 362 g/mol. The van der Waals surface area contributed by atoms with E-state index in [1.165, 1.54) is 26.5 Å². The van der Waals surface area contributed by atoms with Crippen LogP contribution in [-0.2, 0) is 11.2 Å². The van der Waals surface area contributed by atoms with Gasteiger partial charge in [0.25, 0.3) is 0 Å². The molecule has 0 fully saturated rings. The molecule has 0 bridgehead atoms. The molecular weight excluding hydrogens is 338 g/mol. The summed E-state index contributed by atoms with van der Waals surface area (Å²) in [6, 6.07) is 24.6. The molecule has 0 saturated carbocycles. The van der Waals surface area contributed by atoms with Gasteiger partial charge in [-0.05, 0) is 67.3 Å². The van der Waals surface area contributed by atoms with Gasteiger partial charge < -0.3 is 5.32 Å². The summed E-state index contributed by atoms with van der Waals surface area (Å²) in [6.07, 6.45) is 1.25. The van der Waals surface area contributed by atoms with Crippen LogP contribution in [0.2, 0.25) is 0 Å². The molecule has 0 aliphatic rings. The third-order valence-electron chi connectivity index (χ3n) is 4.19. The van der Waals surface area contributed by atoms with E-state index >= 15 is 0 Å². The highest BCUT2D eigenvalue weighted by Gasteiger charge is 2.05. The summed E-state index contributed by atoms with van der Waals surface area (Å²) in [5, 5.41) is 2.98. The normalized spacial score (nSPS) is 10.5. The predicted molar refractivity (Wildman–Crippen MR) is 110 cm³/mol. The van der Waals surface area contributed by atoms with Crippen LogP contribution >= 0.6 is 11.8 Å². The number of hydrogen-bond donors (Lipinski definition) is 1. The van der Waals surface area contributed by atoms with Gasteiger partial charge in [-0.1, -0.05) is 54.2 Å². The molecule has 3 aromatic rings. The van der Waals surface area contributed by atoms with Crippen LogP contribution in [0.15, 0.2) is 82.6 Å². The van der Waals surface area contributed by atoms with E-state index in [9.17, 15) is 4.79 Å². The molecule has 3 aromatic carbocycles. The lowest BCUT2D eigenvalue weighted by Gasteiger charge is -2.09. The fraction of sp³-hybridized carbons (Fsp3) is 0.174. The van der Waals surface area contributed by atoms with Crippen molar-refractivity contribution >= 4 is 23.4 Å². The van der Waals surface area contributed by atoms with Crippen LogP contribution in [0.5, 0.6) is 0 Å². The number of anilines is 1. The van der Waals surface area contributed by atoms with Crippen LogP contribution in [-0.4, -0.2) is 5.91 Å². The number of aryl methyl sites for hydroxylation is 3. The van der Waals surface area contributed by atoms with Crippen molar-refractivity contribution in [3.05, 3.63) is 89.5 Å². The van der Waals surface area contributed by atoms with Gasteiger partial charge in [0, 0.05) is 21.9 Å². The van der Waals surface area contributed by atoms with Gasteiger partial charge in [0.05, 0.1) is 0 Å². The quantitative estimate of drug-likeness (QED) is 0.581. The first-order chi connectivity index (χ1) is 12.6. The third-order valence-corrected chi connectivity index (χ3v) is 5.36. The molecule has 0 radical (unpaired) electrons. The summed E-state index contributed by atoms with van der Waals surface area (Å²) in [6.45, 7) is 4.24. The lowest BCUT2D eigenvalue weighted by atomic mass is 10.1. The first-order valence-electron chi connectivity index (χ1n) is 8.79. The number of carbonyl (C=O) groups is 1. The fourth-order valence-electron chi connectivity index (χ4n) is 2.68. The van der Waals surface area contributed by atoms with Crippen molar-refractivity contribution in [1.82, 2.24) is 0 Å². The molecule has 0 unspecified atom stereocenters. The van der Waals surface area contributed by atoms with E-state index in [-0.39, 0.29) is 5.91 Å². The summed E-state index contributed by atoms with van der Waals surface area (Å²) in [5.74, 6) is 0.0452. The Morgan fingerprint density at radius 3 is 2.38 bits per heavy atom. The van der Waals surface area contributed by atoms with Crippen molar-refractivity contribution in [1.29, 1.82) is 0 Å². The number of nitrogens with one attached hydrogen (secondary N) is 1. The van der Waals surface area contributed by atoms with E-state index in [1.807, 2.05) is 42.5 Å². The lowest BCUT2D eigenvalue weighted by Crippen LogP contribution is -2.12. The van der Waals surface area contributed by atoms with Gasteiger partial charge in [-0.3, -0.25) is 4.79 Å². The Morgan fingerprint density at radius 1 is 0.923 bits per heavy atom. The smallest absolute Gasteiger partial charge is 0.224 e. The molecular formula is C23H23NOS. The highest BCUT2D eigenvalue weighted by atomic mass is 32.2. The number of benzene rings is 3. The van der Waals surface area contributed by atoms with E-state index in [0.717, 1.165) is 12.1 Å². The largest absolute Gasteiger partial charge is 0.326 e. The van der Waals surface area contributed by atoms with E-state index in [2.05, 4.69) is 49.5 Å². The van der Waals surface area contributed by atoms with E-state index in [1.54, 1.807) is 11.8 Å². The first kappa shape index (κ1) is 18.3. The fourth-order valence-corrected chi connectivity index (χ4v) is 3.68. The molecule has 1 N–H and O–H groups in total. The van der Waals surface area contributed by atoms with Crippen LogP contribution in [0.3, 0.4) is 0 Å². The minimum atomic E-state index is 0.0452. The standard InChI is InChI=1S/C23H23NOS/c1-17-8-9-18(2)22(16-17)26-21-13-11-20(12-14-21)24-23(25)15-10-19-6-4-3-5-7-19/h3-9,11-14,16H,10,15H2,1-2H3,(H,24,25). The molecule has 132 valence electrons. The number of hydrogen-bond acceptors (Lipinski definition) is 2. The molecule has 1 amide bonds. The average Bonchev–Trinajstić information content (AvgIpc) is 2.65. The SMILES string of the molecule is Cc1ccc(C)c(Sc2ccc(NC(=O)CCc3ccccc3)cc2)c1. The Labute approximate surface area is 159 Å². The van der Waals surface area contributed by atoms with Gasteiger partial charge in [0.2, 0.25) is 5.91 Å². The van der Waals surface area contributed by atoms with Gasteiger partial charge in [0.1, 0.15) is 0 Å². The Bertz CT molecular complexity index is 872. The molecule has 0 aliphatic heterocycles. The first-order valence-corrected chi connectivity index (χ1v) is 9.61. The maximum absolute atomic E-state index is 12.1. The van der Waals surface area contributed by atoms with Crippen LogP contribution in [0.1, 0.15) is 23.1 Å². The zero-order valence-electron chi connectivity index (χ0n) is 15.2. The maximum atomic E-state index is 12.1. The van der Waals surface area contributed by atoms with Crippen molar-refractivity contribution in [2.24, 2.45) is 0 Å². The van der Waals surface area contributed by atoms with Gasteiger partial charge >= 0.3 is 0 Å². The number of carbonyl (C=O) groups excluding carboxylic acids is 1. The molecule has 0 atom stereocenters. The van der Waals surface area contributed by atoms with Crippen molar-refractivity contribution < 1.29 is 4.79 Å². The molecule has 0 spiro atoms. The topological polar surface area (TPSA) is 29.1 Å². The van der Waals surface area contributed by atoms with Crippen molar-refractivity contribution in [3.8, 4) is 0 Å². The van der Waals surface area contributed by atoms with Crippen molar-refractivity contribution in [3.63, 3.8) is 0 Å². The Morgan fingerprint density at radius 2 is 1.65 bits per heavy atom. The Kier molecular flexibility index (Phi) is 6.13. The Balaban J connectivity index is 1.55. The molecule has 2 nitrogen and oxygen atoms in total. The molecule has 0 aliphatic carbocycles. The second-order valence-corrected chi connectivity index (χ2v) is 7.54. The summed E-state index contributed by atoms with van der Waals surface area (Å²) < 4.78 is 0. The molecule has 26 heavy (non-hydrogen) atoms. The summed E-state index contributed by atoms with van der Waals surface area (Å²) in [5.41, 5.74) is 4.57. The lowest BCUT2D eigenvalue weighted by molar-refractivity contribution is -0.116. The second-order valence-electron chi connectivity index (χ2n) is 6.43. The summed E-state index contributed by atoms with van der Waals surface area (Å²) in [4.78, 5) is 14.6. The molecule has 0 aromatic heterocycles. The highest BCUT2D eigenvalue weighted by molar-refractivity contribution is 7.99. The monoisotopic (exact) mass is 361 g/mol. The molecule has 0 heterocycles. The van der Waals surface area contributed by atoms with Crippen LogP contribution in [0.4, 0.5) is 5.69 Å². The molecule has 3 rings (SSSR count). The van der Waals surface area contributed by atoms with Gasteiger partial charge in [-0.2, -0.15) is 0 Å². The molecule has 0 saturated heterocycles. The predicted octanol–water partition coefficient (Wildman–Crippen LogP) is 6.03. The minimum absolute atomic E-state index is 0.0452. The summed E-state index contributed by atoms with van der Waals surface area (Å²) in [7, 11) is 0. The third kappa shape index (κ3) is 5.24. The zero-order valence-corrected chi connectivity index (χ0v) is 16.0.